The molecule has 1 heterocycles. The predicted molar refractivity (Wildman–Crippen MR) is 64.0 cm³/mol. The minimum Gasteiger partial charge on any atom is -0.292 e. The Morgan fingerprint density at radius 2 is 2.00 bits per heavy atom. The molecule has 0 atom stereocenters. The van der Waals surface area contributed by atoms with Crippen molar-refractivity contribution in [1.29, 1.82) is 0 Å². The molecule has 0 saturated heterocycles. The molecule has 92 valence electrons. The summed E-state index contributed by atoms with van der Waals surface area (Å²) in [7, 11) is 0. The lowest BCUT2D eigenvalue weighted by Gasteiger charge is -2.04. The number of Topliss-reactive ketones (excluding diaryl/α,β-unsaturated/α-hetero) is 1. The lowest BCUT2D eigenvalue weighted by atomic mass is 10.1. The van der Waals surface area contributed by atoms with Crippen molar-refractivity contribution in [3.8, 4) is 0 Å². The molecule has 1 aromatic heterocycles. The van der Waals surface area contributed by atoms with Crippen molar-refractivity contribution in [2.45, 2.75) is 13.5 Å². The number of hydrogen-bond acceptors (Lipinski definition) is 3. The Balaban J connectivity index is 2.21. The molecule has 0 aliphatic carbocycles. The van der Waals surface area contributed by atoms with E-state index in [1.54, 1.807) is 6.92 Å². The van der Waals surface area contributed by atoms with Crippen molar-refractivity contribution in [3.63, 3.8) is 0 Å². The van der Waals surface area contributed by atoms with Crippen LogP contribution in [0.3, 0.4) is 0 Å². The number of halogens is 1. The Bertz CT molecular complexity index is 632. The summed E-state index contributed by atoms with van der Waals surface area (Å²) < 4.78 is 13.8. The Kier molecular flexibility index (Phi) is 3.32. The fourth-order valence-corrected chi connectivity index (χ4v) is 1.51. The Morgan fingerprint density at radius 3 is 2.61 bits per heavy atom. The molecule has 0 fully saturated rings. The molecule has 5 heteroatoms. The van der Waals surface area contributed by atoms with Crippen molar-refractivity contribution >= 4 is 5.78 Å². The molecule has 2 aromatic rings. The van der Waals surface area contributed by atoms with Gasteiger partial charge in [0.05, 0.1) is 6.20 Å². The smallest absolute Gasteiger partial charge is 0.267 e. The largest absolute Gasteiger partial charge is 0.292 e. The molecule has 0 N–H and O–H groups in total. The standard InChI is InChI=1S/C13H11FN2O2/c1-9-6-13(18)16(15-7-9)8-12(17)10-2-4-11(14)5-3-10/h2-7H,8H2,1H3. The second-order valence-corrected chi connectivity index (χ2v) is 3.96. The average Bonchev–Trinajstić information content (AvgIpc) is 2.33. The number of carbonyl (C=O) groups is 1. The molecule has 4 nitrogen and oxygen atoms in total. The third kappa shape index (κ3) is 2.68. The zero-order valence-corrected chi connectivity index (χ0v) is 9.76. The molecule has 0 aliphatic rings. The predicted octanol–water partition coefficient (Wildman–Crippen LogP) is 1.57. The van der Waals surface area contributed by atoms with Gasteiger partial charge in [0.2, 0.25) is 0 Å². The van der Waals surface area contributed by atoms with Gasteiger partial charge in [-0.25, -0.2) is 9.07 Å². The highest BCUT2D eigenvalue weighted by molar-refractivity contribution is 5.95. The van der Waals surface area contributed by atoms with Crippen molar-refractivity contribution in [2.75, 3.05) is 0 Å². The highest BCUT2D eigenvalue weighted by Crippen LogP contribution is 2.04. The number of benzene rings is 1. The Morgan fingerprint density at radius 1 is 1.33 bits per heavy atom. The highest BCUT2D eigenvalue weighted by atomic mass is 19.1. The second kappa shape index (κ2) is 4.91. The summed E-state index contributed by atoms with van der Waals surface area (Å²) in [5.41, 5.74) is 0.765. The van der Waals surface area contributed by atoms with Gasteiger partial charge in [0, 0.05) is 11.6 Å². The Labute approximate surface area is 103 Å². The van der Waals surface area contributed by atoms with Gasteiger partial charge >= 0.3 is 0 Å². The summed E-state index contributed by atoms with van der Waals surface area (Å²) in [6.45, 7) is 1.60. The van der Waals surface area contributed by atoms with Crippen LogP contribution in [0.25, 0.3) is 0 Å². The number of ketones is 1. The third-order valence-corrected chi connectivity index (χ3v) is 2.47. The Hall–Kier alpha value is -2.30. The van der Waals surface area contributed by atoms with E-state index in [2.05, 4.69) is 5.10 Å². The van der Waals surface area contributed by atoms with Gasteiger partial charge in [0.1, 0.15) is 12.4 Å². The van der Waals surface area contributed by atoms with E-state index in [-0.39, 0.29) is 17.9 Å². The van der Waals surface area contributed by atoms with Crippen molar-refractivity contribution in [3.05, 3.63) is 63.8 Å². The van der Waals surface area contributed by atoms with Crippen LogP contribution in [0.15, 0.2) is 41.3 Å². The molecular weight excluding hydrogens is 235 g/mol. The summed E-state index contributed by atoms with van der Waals surface area (Å²) in [6, 6.07) is 6.59. The van der Waals surface area contributed by atoms with Crippen LogP contribution in [0.1, 0.15) is 15.9 Å². The van der Waals surface area contributed by atoms with Gasteiger partial charge in [-0.05, 0) is 36.8 Å². The fourth-order valence-electron chi connectivity index (χ4n) is 1.51. The van der Waals surface area contributed by atoms with E-state index in [4.69, 9.17) is 0 Å². The monoisotopic (exact) mass is 246 g/mol. The van der Waals surface area contributed by atoms with E-state index in [1.807, 2.05) is 0 Å². The van der Waals surface area contributed by atoms with Gasteiger partial charge in [0.15, 0.2) is 5.78 Å². The second-order valence-electron chi connectivity index (χ2n) is 3.96. The quantitative estimate of drug-likeness (QED) is 0.772. The van der Waals surface area contributed by atoms with Gasteiger partial charge in [-0.15, -0.1) is 0 Å². The lowest BCUT2D eigenvalue weighted by Crippen LogP contribution is -2.26. The number of rotatable bonds is 3. The van der Waals surface area contributed by atoms with Gasteiger partial charge in [-0.3, -0.25) is 9.59 Å². The molecule has 0 spiro atoms. The number of hydrogen-bond donors (Lipinski definition) is 0. The minimum atomic E-state index is -0.405. The maximum absolute atomic E-state index is 12.7. The number of nitrogens with zero attached hydrogens (tertiary/aromatic N) is 2. The van der Waals surface area contributed by atoms with E-state index in [0.29, 0.717) is 5.56 Å². The molecular formula is C13H11FN2O2. The average molecular weight is 246 g/mol. The van der Waals surface area contributed by atoms with Gasteiger partial charge in [-0.1, -0.05) is 0 Å². The molecule has 0 radical (unpaired) electrons. The maximum atomic E-state index is 12.7. The molecule has 1 aromatic carbocycles. The zero-order chi connectivity index (χ0) is 13.1. The third-order valence-electron chi connectivity index (χ3n) is 2.47. The van der Waals surface area contributed by atoms with Gasteiger partial charge in [-0.2, -0.15) is 5.10 Å². The van der Waals surface area contributed by atoms with Gasteiger partial charge in [0.25, 0.3) is 5.56 Å². The lowest BCUT2D eigenvalue weighted by molar-refractivity contribution is 0.0965. The summed E-state index contributed by atoms with van der Waals surface area (Å²) in [4.78, 5) is 23.4. The van der Waals surface area contributed by atoms with Crippen LogP contribution in [0.4, 0.5) is 4.39 Å². The topological polar surface area (TPSA) is 52.0 Å². The van der Waals surface area contributed by atoms with Gasteiger partial charge < -0.3 is 0 Å². The first-order chi connectivity index (χ1) is 8.56. The summed E-state index contributed by atoms with van der Waals surface area (Å²) >= 11 is 0. The fraction of sp³-hybridized carbons (Fsp3) is 0.154. The van der Waals surface area contributed by atoms with Crippen molar-refractivity contribution in [1.82, 2.24) is 9.78 Å². The molecule has 0 aliphatic heterocycles. The molecule has 18 heavy (non-hydrogen) atoms. The number of aryl methyl sites for hydroxylation is 1. The number of aromatic nitrogens is 2. The van der Waals surface area contributed by atoms with Crippen LogP contribution in [-0.2, 0) is 6.54 Å². The van der Waals surface area contributed by atoms with Crippen LogP contribution in [0.5, 0.6) is 0 Å². The summed E-state index contributed by atoms with van der Waals surface area (Å²) in [6.07, 6.45) is 1.51. The molecule has 0 saturated carbocycles. The first-order valence-corrected chi connectivity index (χ1v) is 5.39. The summed E-state index contributed by atoms with van der Waals surface area (Å²) in [5, 5.41) is 3.87. The summed E-state index contributed by atoms with van der Waals surface area (Å²) in [5.74, 6) is -0.689. The van der Waals surface area contributed by atoms with Crippen LogP contribution in [0, 0.1) is 12.7 Å². The van der Waals surface area contributed by atoms with E-state index in [1.165, 1.54) is 36.5 Å². The van der Waals surface area contributed by atoms with Crippen molar-refractivity contribution in [2.24, 2.45) is 0 Å². The van der Waals surface area contributed by atoms with E-state index in [9.17, 15) is 14.0 Å². The van der Waals surface area contributed by atoms with Crippen LogP contribution in [-0.4, -0.2) is 15.6 Å². The van der Waals surface area contributed by atoms with E-state index >= 15 is 0 Å². The zero-order valence-electron chi connectivity index (χ0n) is 9.76. The minimum absolute atomic E-state index is 0.148. The van der Waals surface area contributed by atoms with Crippen molar-refractivity contribution < 1.29 is 9.18 Å². The molecule has 2 rings (SSSR count). The van der Waals surface area contributed by atoms with Crippen LogP contribution in [0.2, 0.25) is 0 Å². The first kappa shape index (κ1) is 12.2. The highest BCUT2D eigenvalue weighted by Gasteiger charge is 2.08. The van der Waals surface area contributed by atoms with Crippen LogP contribution >= 0.6 is 0 Å². The molecule has 0 amide bonds. The normalized spacial score (nSPS) is 10.3. The van der Waals surface area contributed by atoms with E-state index < -0.39 is 5.82 Å². The SMILES string of the molecule is Cc1cnn(CC(=O)c2ccc(F)cc2)c(=O)c1. The van der Waals surface area contributed by atoms with E-state index in [0.717, 1.165) is 10.2 Å². The molecule has 0 unspecified atom stereocenters. The number of carbonyl (C=O) groups excluding carboxylic acids is 1. The first-order valence-electron chi connectivity index (χ1n) is 5.39. The van der Waals surface area contributed by atoms with Crippen LogP contribution < -0.4 is 5.56 Å². The molecule has 0 bridgehead atoms. The maximum Gasteiger partial charge on any atom is 0.267 e.